The molecule has 24 heavy (non-hydrogen) atoms. The largest absolute Gasteiger partial charge is 0.481 e. The van der Waals surface area contributed by atoms with Crippen LogP contribution in [0.1, 0.15) is 53.5 Å². The van der Waals surface area contributed by atoms with Crippen molar-refractivity contribution >= 4 is 5.91 Å². The second kappa shape index (κ2) is 9.07. The highest BCUT2D eigenvalue weighted by molar-refractivity contribution is 5.80. The minimum atomic E-state index is -0.501. The molecule has 0 fully saturated rings. The minimum absolute atomic E-state index is 0.0764. The van der Waals surface area contributed by atoms with Crippen LogP contribution in [0.25, 0.3) is 0 Å². The fraction of sp³-hybridized carbons (Fsp3) is 0.650. The van der Waals surface area contributed by atoms with Crippen LogP contribution in [0.4, 0.5) is 0 Å². The van der Waals surface area contributed by atoms with Crippen molar-refractivity contribution in [1.29, 1.82) is 0 Å². The average molecular weight is 335 g/mol. The summed E-state index contributed by atoms with van der Waals surface area (Å²) in [4.78, 5) is 14.4. The Morgan fingerprint density at radius 2 is 1.79 bits per heavy atom. The van der Waals surface area contributed by atoms with E-state index >= 15 is 0 Å². The predicted molar refractivity (Wildman–Crippen MR) is 101 cm³/mol. The summed E-state index contributed by atoms with van der Waals surface area (Å²) in [6.07, 6.45) is 0.605. The second-order valence-electron chi connectivity index (χ2n) is 7.56. The lowest BCUT2D eigenvalue weighted by atomic mass is 9.87. The zero-order chi connectivity index (χ0) is 18.3. The molecule has 0 aliphatic heterocycles. The molecule has 0 saturated carbocycles. The molecule has 0 radical (unpaired) electrons. The maximum Gasteiger partial charge on any atom is 0.260 e. The number of benzene rings is 1. The number of carbonyl (C=O) groups excluding carboxylic acids is 1. The quantitative estimate of drug-likeness (QED) is 0.790. The minimum Gasteiger partial charge on any atom is -0.481 e. The number of rotatable bonds is 8. The Morgan fingerprint density at radius 1 is 1.21 bits per heavy atom. The third-order valence-corrected chi connectivity index (χ3v) is 4.51. The highest BCUT2D eigenvalue weighted by Gasteiger charge is 2.16. The molecule has 0 aliphatic rings. The summed E-state index contributed by atoms with van der Waals surface area (Å²) in [6.45, 7) is 14.1. The van der Waals surface area contributed by atoms with Crippen LogP contribution in [0.15, 0.2) is 24.3 Å². The molecular formula is C20H34N2O2. The summed E-state index contributed by atoms with van der Waals surface area (Å²) in [7, 11) is 2.08. The molecule has 136 valence electrons. The van der Waals surface area contributed by atoms with Crippen LogP contribution in [-0.4, -0.2) is 43.1 Å². The van der Waals surface area contributed by atoms with Crippen LogP contribution >= 0.6 is 0 Å². The van der Waals surface area contributed by atoms with Crippen LogP contribution in [0, 0.1) is 0 Å². The Kier molecular flexibility index (Phi) is 7.74. The smallest absolute Gasteiger partial charge is 0.260 e. The summed E-state index contributed by atoms with van der Waals surface area (Å²) in [5.74, 6) is 0.648. The van der Waals surface area contributed by atoms with Crippen LogP contribution < -0.4 is 10.1 Å². The van der Waals surface area contributed by atoms with Gasteiger partial charge in [0.2, 0.25) is 0 Å². The molecule has 0 aliphatic carbocycles. The third kappa shape index (κ3) is 6.52. The molecule has 1 rings (SSSR count). The van der Waals surface area contributed by atoms with Gasteiger partial charge in [-0.3, -0.25) is 4.79 Å². The van der Waals surface area contributed by atoms with E-state index in [0.29, 0.717) is 12.6 Å². The third-order valence-electron chi connectivity index (χ3n) is 4.51. The van der Waals surface area contributed by atoms with Crippen molar-refractivity contribution in [3.63, 3.8) is 0 Å². The van der Waals surface area contributed by atoms with E-state index < -0.39 is 6.10 Å². The van der Waals surface area contributed by atoms with Gasteiger partial charge in [0, 0.05) is 19.1 Å². The van der Waals surface area contributed by atoms with E-state index in [-0.39, 0.29) is 11.3 Å². The number of hydrogen-bond donors (Lipinski definition) is 1. The van der Waals surface area contributed by atoms with E-state index in [1.54, 1.807) is 6.92 Å². The van der Waals surface area contributed by atoms with Crippen molar-refractivity contribution in [1.82, 2.24) is 10.2 Å². The van der Waals surface area contributed by atoms with Crippen LogP contribution in [-0.2, 0) is 10.2 Å². The standard InChI is InChI=1S/C20H34N2O2/c1-8-15(2)22(7)14-13-21-19(23)16(3)24-18-11-9-17(10-12-18)20(4,5)6/h9-12,15-16H,8,13-14H2,1-7H3,(H,21,23). The summed E-state index contributed by atoms with van der Waals surface area (Å²) >= 11 is 0. The normalized spacial score (nSPS) is 14.3. The first kappa shape index (κ1) is 20.5. The summed E-state index contributed by atoms with van der Waals surface area (Å²) in [6, 6.07) is 8.50. The number of nitrogens with one attached hydrogen (secondary N) is 1. The summed E-state index contributed by atoms with van der Waals surface area (Å²) in [5, 5.41) is 2.94. The lowest BCUT2D eigenvalue weighted by Gasteiger charge is -2.24. The Morgan fingerprint density at radius 3 is 2.29 bits per heavy atom. The second-order valence-corrected chi connectivity index (χ2v) is 7.56. The molecule has 1 N–H and O–H groups in total. The van der Waals surface area contributed by atoms with Crippen molar-refractivity contribution in [3.05, 3.63) is 29.8 Å². The summed E-state index contributed by atoms with van der Waals surface area (Å²) in [5.41, 5.74) is 1.36. The number of hydrogen-bond acceptors (Lipinski definition) is 3. The maximum absolute atomic E-state index is 12.1. The molecule has 4 heteroatoms. The van der Waals surface area contributed by atoms with Crippen molar-refractivity contribution in [2.75, 3.05) is 20.1 Å². The van der Waals surface area contributed by atoms with E-state index in [0.717, 1.165) is 18.7 Å². The molecular weight excluding hydrogens is 300 g/mol. The lowest BCUT2D eigenvalue weighted by molar-refractivity contribution is -0.127. The fourth-order valence-corrected chi connectivity index (χ4v) is 2.32. The highest BCUT2D eigenvalue weighted by Crippen LogP contribution is 2.24. The molecule has 0 bridgehead atoms. The lowest BCUT2D eigenvalue weighted by Crippen LogP contribution is -2.41. The Balaban J connectivity index is 2.44. The molecule has 2 atom stereocenters. The van der Waals surface area contributed by atoms with E-state index in [9.17, 15) is 4.79 Å². The van der Waals surface area contributed by atoms with Crippen molar-refractivity contribution in [3.8, 4) is 5.75 Å². The number of carbonyl (C=O) groups is 1. The fourth-order valence-electron chi connectivity index (χ4n) is 2.32. The number of likely N-dealkylation sites (N-methyl/N-ethyl adjacent to an activating group) is 1. The van der Waals surface area contributed by atoms with Gasteiger partial charge in [0.15, 0.2) is 6.10 Å². The first-order valence-electron chi connectivity index (χ1n) is 8.90. The van der Waals surface area contributed by atoms with Gasteiger partial charge in [-0.05, 0) is 50.4 Å². The Labute approximate surface area is 147 Å². The topological polar surface area (TPSA) is 41.6 Å². The van der Waals surface area contributed by atoms with Gasteiger partial charge in [0.25, 0.3) is 5.91 Å². The van der Waals surface area contributed by atoms with Gasteiger partial charge >= 0.3 is 0 Å². The van der Waals surface area contributed by atoms with E-state index in [2.05, 4.69) is 64.0 Å². The summed E-state index contributed by atoms with van der Waals surface area (Å²) < 4.78 is 5.74. The molecule has 1 aromatic carbocycles. The molecule has 2 unspecified atom stereocenters. The number of ether oxygens (including phenoxy) is 1. The Hall–Kier alpha value is -1.55. The van der Waals surface area contributed by atoms with Gasteiger partial charge in [0.1, 0.15) is 5.75 Å². The zero-order valence-corrected chi connectivity index (χ0v) is 16.3. The SMILES string of the molecule is CCC(C)N(C)CCNC(=O)C(C)Oc1ccc(C(C)(C)C)cc1. The van der Waals surface area contributed by atoms with Crippen molar-refractivity contribution in [2.24, 2.45) is 0 Å². The molecule has 1 amide bonds. The molecule has 4 nitrogen and oxygen atoms in total. The van der Waals surface area contributed by atoms with Crippen LogP contribution in [0.5, 0.6) is 5.75 Å². The number of nitrogens with zero attached hydrogens (tertiary/aromatic N) is 1. The van der Waals surface area contributed by atoms with Crippen molar-refractivity contribution < 1.29 is 9.53 Å². The van der Waals surface area contributed by atoms with Gasteiger partial charge in [-0.25, -0.2) is 0 Å². The van der Waals surface area contributed by atoms with E-state index in [1.165, 1.54) is 5.56 Å². The average Bonchev–Trinajstić information content (AvgIpc) is 2.53. The molecule has 0 aromatic heterocycles. The van der Waals surface area contributed by atoms with Gasteiger partial charge < -0.3 is 15.0 Å². The van der Waals surface area contributed by atoms with Crippen LogP contribution in [0.2, 0.25) is 0 Å². The molecule has 0 saturated heterocycles. The monoisotopic (exact) mass is 334 g/mol. The first-order valence-corrected chi connectivity index (χ1v) is 8.90. The van der Waals surface area contributed by atoms with E-state index in [1.807, 2.05) is 12.1 Å². The van der Waals surface area contributed by atoms with Gasteiger partial charge in [0.05, 0.1) is 0 Å². The van der Waals surface area contributed by atoms with E-state index in [4.69, 9.17) is 4.74 Å². The molecule has 1 aromatic rings. The van der Waals surface area contributed by atoms with Gasteiger partial charge in [-0.1, -0.05) is 39.8 Å². The van der Waals surface area contributed by atoms with Crippen molar-refractivity contribution in [2.45, 2.75) is 65.5 Å². The molecule has 0 spiro atoms. The number of amides is 1. The first-order chi connectivity index (χ1) is 11.1. The Bertz CT molecular complexity index is 505. The predicted octanol–water partition coefficient (Wildman–Crippen LogP) is 3.60. The highest BCUT2D eigenvalue weighted by atomic mass is 16.5. The van der Waals surface area contributed by atoms with Gasteiger partial charge in [-0.2, -0.15) is 0 Å². The zero-order valence-electron chi connectivity index (χ0n) is 16.3. The van der Waals surface area contributed by atoms with Crippen LogP contribution in [0.3, 0.4) is 0 Å². The maximum atomic E-state index is 12.1. The van der Waals surface area contributed by atoms with Gasteiger partial charge in [-0.15, -0.1) is 0 Å². The molecule has 0 heterocycles.